The van der Waals surface area contributed by atoms with Crippen LogP contribution in [0.1, 0.15) is 24.9 Å². The summed E-state index contributed by atoms with van der Waals surface area (Å²) in [5, 5.41) is 0. The van der Waals surface area contributed by atoms with Crippen molar-refractivity contribution >= 4 is 28.9 Å². The summed E-state index contributed by atoms with van der Waals surface area (Å²) in [5.41, 5.74) is 1.62. The number of fused-ring (bicyclic) bond motifs is 3. The molecule has 31 heavy (non-hydrogen) atoms. The van der Waals surface area contributed by atoms with Gasteiger partial charge in [0.2, 0.25) is 11.9 Å². The Morgan fingerprint density at radius 3 is 2.65 bits per heavy atom. The van der Waals surface area contributed by atoms with Crippen LogP contribution in [0, 0.1) is 11.7 Å². The lowest BCUT2D eigenvalue weighted by Crippen LogP contribution is -2.50. The molecule has 0 N–H and O–H groups in total. The van der Waals surface area contributed by atoms with Gasteiger partial charge < -0.3 is 14.0 Å². The number of benzene rings is 2. The molecule has 4 rings (SSSR count). The van der Waals surface area contributed by atoms with Crippen molar-refractivity contribution in [3.8, 4) is 0 Å². The van der Waals surface area contributed by atoms with Gasteiger partial charge in [-0.1, -0.05) is 30.3 Å². The van der Waals surface area contributed by atoms with Crippen molar-refractivity contribution < 1.29 is 23.5 Å². The van der Waals surface area contributed by atoms with Crippen LogP contribution < -0.4 is 4.90 Å². The summed E-state index contributed by atoms with van der Waals surface area (Å²) in [4.78, 5) is 32.7. The SMILES string of the molecule is CCOC(=O)[C@@H]1C(=O)N(CCCOC)c2nc3ccccc3n2[C@H]1c1ccccc1F. The van der Waals surface area contributed by atoms with Crippen LogP contribution >= 0.6 is 0 Å². The number of anilines is 1. The van der Waals surface area contributed by atoms with E-state index in [-0.39, 0.29) is 12.2 Å². The Morgan fingerprint density at radius 2 is 1.90 bits per heavy atom. The third kappa shape index (κ3) is 3.67. The summed E-state index contributed by atoms with van der Waals surface area (Å²) in [6, 6.07) is 12.7. The lowest BCUT2D eigenvalue weighted by Gasteiger charge is -2.38. The quantitative estimate of drug-likeness (QED) is 0.330. The van der Waals surface area contributed by atoms with E-state index in [2.05, 4.69) is 4.98 Å². The standard InChI is InChI=1S/C23H24FN3O4/c1-3-31-22(29)19-20(15-9-4-5-10-16(15)24)27-18-12-7-6-11-17(18)25-23(27)26(21(19)28)13-8-14-30-2/h4-7,9-12,19-20H,3,8,13-14H2,1-2H3/t19-,20-/m0/s1. The molecule has 1 aromatic heterocycles. The Balaban J connectivity index is 1.96. The molecule has 1 amide bonds. The molecular weight excluding hydrogens is 401 g/mol. The zero-order valence-corrected chi connectivity index (χ0v) is 17.5. The second-order valence-electron chi connectivity index (χ2n) is 7.30. The molecule has 0 fully saturated rings. The number of methoxy groups -OCH3 is 1. The fourth-order valence-electron chi connectivity index (χ4n) is 4.12. The second kappa shape index (κ2) is 8.85. The highest BCUT2D eigenvalue weighted by Gasteiger charge is 2.48. The van der Waals surface area contributed by atoms with Crippen molar-refractivity contribution in [2.45, 2.75) is 19.4 Å². The predicted octanol–water partition coefficient (Wildman–Crippen LogP) is 3.33. The predicted molar refractivity (Wildman–Crippen MR) is 113 cm³/mol. The molecule has 0 saturated carbocycles. The van der Waals surface area contributed by atoms with E-state index in [1.165, 1.54) is 11.0 Å². The van der Waals surface area contributed by atoms with Gasteiger partial charge in [0.1, 0.15) is 5.82 Å². The van der Waals surface area contributed by atoms with Gasteiger partial charge in [0.15, 0.2) is 5.92 Å². The number of amides is 1. The van der Waals surface area contributed by atoms with Crippen LogP contribution in [0.4, 0.5) is 10.3 Å². The molecule has 0 bridgehead atoms. The molecule has 3 aromatic rings. The first kappa shape index (κ1) is 21.0. The van der Waals surface area contributed by atoms with Gasteiger partial charge in [-0.2, -0.15) is 0 Å². The maximum Gasteiger partial charge on any atom is 0.321 e. The molecule has 162 valence electrons. The number of ether oxygens (including phenoxy) is 2. The highest BCUT2D eigenvalue weighted by atomic mass is 19.1. The number of hydrogen-bond acceptors (Lipinski definition) is 5. The number of carbonyl (C=O) groups excluding carboxylic acids is 2. The van der Waals surface area contributed by atoms with Gasteiger partial charge in [0, 0.05) is 25.8 Å². The molecule has 7 nitrogen and oxygen atoms in total. The monoisotopic (exact) mass is 425 g/mol. The van der Waals surface area contributed by atoms with E-state index in [4.69, 9.17) is 9.47 Å². The molecule has 8 heteroatoms. The maximum atomic E-state index is 14.9. The van der Waals surface area contributed by atoms with E-state index < -0.39 is 29.7 Å². The second-order valence-corrected chi connectivity index (χ2v) is 7.30. The minimum atomic E-state index is -1.23. The van der Waals surface area contributed by atoms with Gasteiger partial charge in [0.05, 0.1) is 23.7 Å². The molecule has 0 aliphatic carbocycles. The normalized spacial score (nSPS) is 18.3. The summed E-state index contributed by atoms with van der Waals surface area (Å²) in [6.07, 6.45) is 0.561. The fraction of sp³-hybridized carbons (Fsp3) is 0.348. The molecule has 0 radical (unpaired) electrons. The summed E-state index contributed by atoms with van der Waals surface area (Å²) in [5.74, 6) is -2.47. The topological polar surface area (TPSA) is 73.7 Å². The average molecular weight is 425 g/mol. The van der Waals surface area contributed by atoms with Crippen molar-refractivity contribution in [1.29, 1.82) is 0 Å². The van der Waals surface area contributed by atoms with E-state index >= 15 is 0 Å². The van der Waals surface area contributed by atoms with Gasteiger partial charge in [-0.25, -0.2) is 9.37 Å². The van der Waals surface area contributed by atoms with Crippen molar-refractivity contribution in [1.82, 2.24) is 9.55 Å². The van der Waals surface area contributed by atoms with Crippen LogP contribution in [-0.2, 0) is 19.1 Å². The third-order valence-corrected chi connectivity index (χ3v) is 5.44. The van der Waals surface area contributed by atoms with Gasteiger partial charge in [-0.15, -0.1) is 0 Å². The third-order valence-electron chi connectivity index (χ3n) is 5.44. The Bertz CT molecular complexity index is 1110. The van der Waals surface area contributed by atoms with Gasteiger partial charge in [-0.05, 0) is 31.5 Å². The Morgan fingerprint density at radius 1 is 1.16 bits per heavy atom. The number of carbonyl (C=O) groups is 2. The molecule has 0 saturated heterocycles. The first-order chi connectivity index (χ1) is 15.1. The van der Waals surface area contributed by atoms with Crippen molar-refractivity contribution in [3.63, 3.8) is 0 Å². The highest BCUT2D eigenvalue weighted by Crippen LogP contribution is 2.41. The minimum absolute atomic E-state index is 0.119. The van der Waals surface area contributed by atoms with Crippen LogP contribution in [0.15, 0.2) is 48.5 Å². The highest BCUT2D eigenvalue weighted by molar-refractivity contribution is 6.08. The lowest BCUT2D eigenvalue weighted by molar-refractivity contribution is -0.153. The largest absolute Gasteiger partial charge is 0.465 e. The molecule has 2 aromatic carbocycles. The van der Waals surface area contributed by atoms with Crippen LogP contribution in [0.2, 0.25) is 0 Å². The Labute approximate surface area is 179 Å². The number of halogens is 1. The van der Waals surface area contributed by atoms with Gasteiger partial charge >= 0.3 is 5.97 Å². The van der Waals surface area contributed by atoms with E-state index in [1.807, 2.05) is 24.3 Å². The lowest BCUT2D eigenvalue weighted by atomic mass is 9.89. The molecular formula is C23H24FN3O4. The number of aromatic nitrogens is 2. The summed E-state index contributed by atoms with van der Waals surface area (Å²) in [6.45, 7) is 2.56. The molecule has 0 spiro atoms. The van der Waals surface area contributed by atoms with Crippen LogP contribution in [0.3, 0.4) is 0 Å². The summed E-state index contributed by atoms with van der Waals surface area (Å²) in [7, 11) is 1.59. The van der Waals surface area contributed by atoms with Crippen LogP contribution in [0.5, 0.6) is 0 Å². The van der Waals surface area contributed by atoms with Crippen LogP contribution in [0.25, 0.3) is 11.0 Å². The average Bonchev–Trinajstić information content (AvgIpc) is 3.14. The number of rotatable bonds is 7. The number of para-hydroxylation sites is 2. The zero-order valence-electron chi connectivity index (χ0n) is 17.5. The maximum absolute atomic E-state index is 14.9. The minimum Gasteiger partial charge on any atom is -0.465 e. The molecule has 0 unspecified atom stereocenters. The number of esters is 1. The van der Waals surface area contributed by atoms with Crippen molar-refractivity contribution in [2.75, 3.05) is 31.8 Å². The Kier molecular flexibility index (Phi) is 5.99. The van der Waals surface area contributed by atoms with Gasteiger partial charge in [0.25, 0.3) is 0 Å². The van der Waals surface area contributed by atoms with Crippen LogP contribution in [-0.4, -0.2) is 48.3 Å². The fourth-order valence-corrected chi connectivity index (χ4v) is 4.12. The number of hydrogen-bond donors (Lipinski definition) is 0. The first-order valence-corrected chi connectivity index (χ1v) is 10.3. The Hall–Kier alpha value is -3.26. The molecule has 1 aliphatic heterocycles. The molecule has 2 atom stereocenters. The van der Waals surface area contributed by atoms with E-state index in [9.17, 15) is 14.0 Å². The van der Waals surface area contributed by atoms with Gasteiger partial charge in [-0.3, -0.25) is 14.5 Å². The summed E-state index contributed by atoms with van der Waals surface area (Å²) >= 11 is 0. The van der Waals surface area contributed by atoms with Crippen molar-refractivity contribution in [2.24, 2.45) is 5.92 Å². The molecule has 2 heterocycles. The van der Waals surface area contributed by atoms with E-state index in [1.54, 1.807) is 36.8 Å². The van der Waals surface area contributed by atoms with E-state index in [0.717, 1.165) is 0 Å². The first-order valence-electron chi connectivity index (χ1n) is 10.3. The smallest absolute Gasteiger partial charge is 0.321 e. The summed E-state index contributed by atoms with van der Waals surface area (Å²) < 4.78 is 27.1. The zero-order chi connectivity index (χ0) is 22.0. The number of imidazole rings is 1. The van der Waals surface area contributed by atoms with Crippen molar-refractivity contribution in [3.05, 3.63) is 59.9 Å². The van der Waals surface area contributed by atoms with E-state index in [0.29, 0.717) is 36.6 Å². The molecule has 1 aliphatic rings. The number of nitrogens with zero attached hydrogens (tertiary/aromatic N) is 3.